The monoisotopic (exact) mass is 309 g/mol. The Morgan fingerprint density at radius 2 is 2.00 bits per heavy atom. The molecule has 2 aromatic carbocycles. The summed E-state index contributed by atoms with van der Waals surface area (Å²) in [5.41, 5.74) is 3.47. The largest absolute Gasteiger partial charge is 0.485 e. The molecule has 4 nitrogen and oxygen atoms in total. The first-order valence-electron chi connectivity index (χ1n) is 8.02. The Balaban J connectivity index is 1.59. The smallest absolute Gasteiger partial charge is 0.271 e. The van der Waals surface area contributed by atoms with E-state index in [0.717, 1.165) is 25.1 Å². The highest BCUT2D eigenvalue weighted by molar-refractivity contribution is 5.98. The van der Waals surface area contributed by atoms with Gasteiger partial charge in [0, 0.05) is 12.2 Å². The molecule has 1 atom stereocenters. The Morgan fingerprint density at radius 3 is 2.87 bits per heavy atom. The molecule has 2 aliphatic heterocycles. The molecule has 118 valence electrons. The van der Waals surface area contributed by atoms with E-state index >= 15 is 0 Å². The number of ether oxygens (including phenoxy) is 2. The van der Waals surface area contributed by atoms with Crippen LogP contribution in [0.15, 0.2) is 42.5 Å². The fraction of sp³-hybridized carbons (Fsp3) is 0.316. The summed E-state index contributed by atoms with van der Waals surface area (Å²) in [5.74, 6) is 1.31. The van der Waals surface area contributed by atoms with Crippen molar-refractivity contribution in [3.05, 3.63) is 53.6 Å². The maximum Gasteiger partial charge on any atom is 0.271 e. The first kappa shape index (κ1) is 14.1. The quantitative estimate of drug-likeness (QED) is 0.812. The summed E-state index contributed by atoms with van der Waals surface area (Å²) in [5, 5.41) is 0. The van der Waals surface area contributed by atoms with E-state index in [2.05, 4.69) is 19.1 Å². The van der Waals surface area contributed by atoms with Crippen LogP contribution in [0.25, 0.3) is 0 Å². The summed E-state index contributed by atoms with van der Waals surface area (Å²) in [6.45, 7) is 3.07. The number of hydrogen-bond acceptors (Lipinski definition) is 3. The Bertz CT molecular complexity index is 756. The lowest BCUT2D eigenvalue weighted by atomic mass is 9.99. The van der Waals surface area contributed by atoms with Crippen LogP contribution in [0.4, 0.5) is 5.69 Å². The number of carbonyl (C=O) groups excluding carboxylic acids is 1. The molecular formula is C19H19NO3. The zero-order valence-electron chi connectivity index (χ0n) is 13.1. The predicted molar refractivity (Wildman–Crippen MR) is 88.2 cm³/mol. The maximum absolute atomic E-state index is 12.9. The number of aryl methyl sites for hydroxylation is 2. The van der Waals surface area contributed by atoms with Gasteiger partial charge in [0.1, 0.15) is 6.61 Å². The summed E-state index contributed by atoms with van der Waals surface area (Å²) < 4.78 is 11.6. The molecule has 2 aromatic rings. The number of anilines is 1. The number of carbonyl (C=O) groups is 1. The van der Waals surface area contributed by atoms with Crippen molar-refractivity contribution in [2.24, 2.45) is 0 Å². The molecule has 0 fully saturated rings. The van der Waals surface area contributed by atoms with Gasteiger partial charge in [0.15, 0.2) is 11.5 Å². The van der Waals surface area contributed by atoms with Gasteiger partial charge in [0.25, 0.3) is 5.91 Å². The molecule has 0 saturated carbocycles. The molecule has 0 unspecified atom stereocenters. The molecule has 0 aromatic heterocycles. The highest BCUT2D eigenvalue weighted by atomic mass is 16.6. The van der Waals surface area contributed by atoms with Gasteiger partial charge in [-0.2, -0.15) is 0 Å². The van der Waals surface area contributed by atoms with Crippen molar-refractivity contribution in [2.75, 3.05) is 18.1 Å². The molecule has 2 aliphatic rings. The third kappa shape index (κ3) is 2.54. The summed E-state index contributed by atoms with van der Waals surface area (Å²) in [6, 6.07) is 13.7. The van der Waals surface area contributed by atoms with Crippen LogP contribution in [0.5, 0.6) is 11.5 Å². The molecule has 23 heavy (non-hydrogen) atoms. The van der Waals surface area contributed by atoms with Crippen LogP contribution in [0.2, 0.25) is 0 Å². The second kappa shape index (κ2) is 5.61. The first-order valence-corrected chi connectivity index (χ1v) is 8.02. The van der Waals surface area contributed by atoms with E-state index in [1.54, 1.807) is 0 Å². The Labute approximate surface area is 135 Å². The molecule has 4 rings (SSSR count). The van der Waals surface area contributed by atoms with E-state index in [1.807, 2.05) is 35.2 Å². The van der Waals surface area contributed by atoms with Gasteiger partial charge in [-0.15, -0.1) is 0 Å². The van der Waals surface area contributed by atoms with Gasteiger partial charge in [0.05, 0.1) is 0 Å². The number of benzene rings is 2. The number of rotatable bonds is 1. The molecule has 0 bridgehead atoms. The van der Waals surface area contributed by atoms with Crippen LogP contribution in [0, 0.1) is 6.92 Å². The van der Waals surface area contributed by atoms with E-state index in [1.165, 1.54) is 11.1 Å². The number of fused-ring (bicyclic) bond motifs is 2. The van der Waals surface area contributed by atoms with E-state index < -0.39 is 6.10 Å². The minimum Gasteiger partial charge on any atom is -0.485 e. The SMILES string of the molecule is Cc1ccc2c(c1)CCCN2C(=O)[C@H]1COc2ccccc2O1. The molecule has 0 saturated heterocycles. The maximum atomic E-state index is 12.9. The zero-order chi connectivity index (χ0) is 15.8. The number of amides is 1. The van der Waals surface area contributed by atoms with Gasteiger partial charge in [0.2, 0.25) is 6.10 Å². The molecule has 2 heterocycles. The first-order chi connectivity index (χ1) is 11.2. The molecule has 0 N–H and O–H groups in total. The van der Waals surface area contributed by atoms with Crippen molar-refractivity contribution in [3.63, 3.8) is 0 Å². The second-order valence-electron chi connectivity index (χ2n) is 6.09. The summed E-state index contributed by atoms with van der Waals surface area (Å²) in [7, 11) is 0. The van der Waals surface area contributed by atoms with Gasteiger partial charge in [-0.05, 0) is 43.5 Å². The third-order valence-electron chi connectivity index (χ3n) is 4.40. The minimum absolute atomic E-state index is 0.0238. The van der Waals surface area contributed by atoms with Crippen molar-refractivity contribution >= 4 is 11.6 Å². The summed E-state index contributed by atoms with van der Waals surface area (Å²) >= 11 is 0. The standard InChI is InChI=1S/C19H19NO3/c1-13-8-9-15-14(11-13)5-4-10-20(15)19(21)18-12-22-16-6-2-3-7-17(16)23-18/h2-3,6-9,11,18H,4-5,10,12H2,1H3/t18-/m1/s1. The second-order valence-corrected chi connectivity index (χ2v) is 6.09. The van der Waals surface area contributed by atoms with Crippen molar-refractivity contribution in [1.29, 1.82) is 0 Å². The molecule has 0 aliphatic carbocycles. The van der Waals surface area contributed by atoms with Crippen molar-refractivity contribution in [3.8, 4) is 11.5 Å². The van der Waals surface area contributed by atoms with Gasteiger partial charge >= 0.3 is 0 Å². The van der Waals surface area contributed by atoms with Crippen LogP contribution < -0.4 is 14.4 Å². The minimum atomic E-state index is -0.586. The Hall–Kier alpha value is -2.49. The van der Waals surface area contributed by atoms with Gasteiger partial charge in [-0.1, -0.05) is 29.8 Å². The van der Waals surface area contributed by atoms with Crippen molar-refractivity contribution < 1.29 is 14.3 Å². The summed E-state index contributed by atoms with van der Waals surface area (Å²) in [6.07, 6.45) is 1.41. The zero-order valence-corrected chi connectivity index (χ0v) is 13.1. The van der Waals surface area contributed by atoms with Crippen LogP contribution in [-0.2, 0) is 11.2 Å². The topological polar surface area (TPSA) is 38.8 Å². The Kier molecular flexibility index (Phi) is 3.45. The average molecular weight is 309 g/mol. The van der Waals surface area contributed by atoms with Crippen molar-refractivity contribution in [1.82, 2.24) is 0 Å². The highest BCUT2D eigenvalue weighted by Crippen LogP contribution is 2.33. The van der Waals surface area contributed by atoms with Crippen LogP contribution in [0.3, 0.4) is 0 Å². The highest BCUT2D eigenvalue weighted by Gasteiger charge is 2.33. The normalized spacial score (nSPS) is 19.2. The summed E-state index contributed by atoms with van der Waals surface area (Å²) in [4.78, 5) is 14.8. The molecule has 4 heteroatoms. The lowest BCUT2D eigenvalue weighted by molar-refractivity contribution is -0.127. The molecule has 0 radical (unpaired) electrons. The lowest BCUT2D eigenvalue weighted by Crippen LogP contribution is -2.48. The van der Waals surface area contributed by atoms with Crippen LogP contribution >= 0.6 is 0 Å². The average Bonchev–Trinajstić information content (AvgIpc) is 2.60. The van der Waals surface area contributed by atoms with Crippen LogP contribution in [0.1, 0.15) is 17.5 Å². The Morgan fingerprint density at radius 1 is 1.17 bits per heavy atom. The molecule has 1 amide bonds. The van der Waals surface area contributed by atoms with Gasteiger partial charge in [-0.3, -0.25) is 4.79 Å². The molecular weight excluding hydrogens is 290 g/mol. The fourth-order valence-corrected chi connectivity index (χ4v) is 3.27. The third-order valence-corrected chi connectivity index (χ3v) is 4.40. The lowest BCUT2D eigenvalue weighted by Gasteiger charge is -2.34. The van der Waals surface area contributed by atoms with E-state index in [0.29, 0.717) is 11.5 Å². The van der Waals surface area contributed by atoms with Gasteiger partial charge < -0.3 is 14.4 Å². The predicted octanol–water partition coefficient (Wildman–Crippen LogP) is 3.11. The van der Waals surface area contributed by atoms with Crippen molar-refractivity contribution in [2.45, 2.75) is 25.9 Å². The number of hydrogen-bond donors (Lipinski definition) is 0. The number of para-hydroxylation sites is 2. The van der Waals surface area contributed by atoms with E-state index in [4.69, 9.17) is 9.47 Å². The van der Waals surface area contributed by atoms with E-state index in [9.17, 15) is 4.79 Å². The molecule has 0 spiro atoms. The van der Waals surface area contributed by atoms with Crippen LogP contribution in [-0.4, -0.2) is 25.2 Å². The van der Waals surface area contributed by atoms with Gasteiger partial charge in [-0.25, -0.2) is 0 Å². The van der Waals surface area contributed by atoms with E-state index in [-0.39, 0.29) is 12.5 Å². The number of nitrogens with zero attached hydrogens (tertiary/aromatic N) is 1. The fourth-order valence-electron chi connectivity index (χ4n) is 3.27.